The lowest BCUT2D eigenvalue weighted by atomic mass is 9.96. The lowest BCUT2D eigenvalue weighted by molar-refractivity contribution is -0.121. The van der Waals surface area contributed by atoms with Gasteiger partial charge >= 0.3 is 0 Å². The Morgan fingerprint density at radius 1 is 1.19 bits per heavy atom. The van der Waals surface area contributed by atoms with E-state index in [1.54, 1.807) is 17.0 Å². The van der Waals surface area contributed by atoms with Gasteiger partial charge < -0.3 is 10.2 Å². The molecular formula is C20H20ClFN2O2. The van der Waals surface area contributed by atoms with Gasteiger partial charge in [0, 0.05) is 29.4 Å². The summed E-state index contributed by atoms with van der Waals surface area (Å²) in [4.78, 5) is 26.9. The standard InChI is InChI=1S/C20H20ClFN2O2/c1-13-17(21)5-2-6-18(13)23-19(25)15-4-3-11-24(12-15)20(26)14-7-9-16(22)10-8-14/h2,5-10,15H,3-4,11-12H2,1H3,(H,23,25)/t15-/m0/s1. The number of rotatable bonds is 3. The Morgan fingerprint density at radius 3 is 2.65 bits per heavy atom. The van der Waals surface area contributed by atoms with E-state index in [9.17, 15) is 14.0 Å². The van der Waals surface area contributed by atoms with Crippen LogP contribution < -0.4 is 5.32 Å². The number of amides is 2. The van der Waals surface area contributed by atoms with E-state index >= 15 is 0 Å². The molecule has 4 nitrogen and oxygen atoms in total. The third kappa shape index (κ3) is 4.05. The fraction of sp³-hybridized carbons (Fsp3) is 0.300. The number of nitrogens with one attached hydrogen (secondary N) is 1. The molecule has 0 aromatic heterocycles. The molecule has 6 heteroatoms. The van der Waals surface area contributed by atoms with Crippen molar-refractivity contribution in [2.45, 2.75) is 19.8 Å². The van der Waals surface area contributed by atoms with E-state index < -0.39 is 0 Å². The number of carbonyl (C=O) groups excluding carboxylic acids is 2. The summed E-state index contributed by atoms with van der Waals surface area (Å²) in [6.45, 7) is 2.79. The molecule has 0 radical (unpaired) electrons. The monoisotopic (exact) mass is 374 g/mol. The first-order valence-corrected chi connectivity index (χ1v) is 8.94. The molecule has 0 spiro atoms. The molecule has 1 aliphatic rings. The van der Waals surface area contributed by atoms with Crippen LogP contribution in [0.5, 0.6) is 0 Å². The fourth-order valence-corrected chi connectivity index (χ4v) is 3.30. The van der Waals surface area contributed by atoms with Gasteiger partial charge in [-0.05, 0) is 61.7 Å². The Kier molecular flexibility index (Phi) is 5.57. The summed E-state index contributed by atoms with van der Waals surface area (Å²) in [5, 5.41) is 3.51. The van der Waals surface area contributed by atoms with E-state index in [-0.39, 0.29) is 23.5 Å². The van der Waals surface area contributed by atoms with Crippen molar-refractivity contribution in [3.8, 4) is 0 Å². The highest BCUT2D eigenvalue weighted by Crippen LogP contribution is 2.25. The third-order valence-corrected chi connectivity index (χ3v) is 5.11. The van der Waals surface area contributed by atoms with Crippen LogP contribution in [-0.4, -0.2) is 29.8 Å². The molecule has 0 bridgehead atoms. The van der Waals surface area contributed by atoms with Crippen molar-refractivity contribution in [2.24, 2.45) is 5.92 Å². The minimum absolute atomic E-state index is 0.119. The van der Waals surface area contributed by atoms with Gasteiger partial charge in [-0.3, -0.25) is 9.59 Å². The molecule has 0 unspecified atom stereocenters. The second kappa shape index (κ2) is 7.87. The molecule has 1 aliphatic heterocycles. The Hall–Kier alpha value is -2.40. The maximum Gasteiger partial charge on any atom is 0.253 e. The lowest BCUT2D eigenvalue weighted by Crippen LogP contribution is -2.43. The van der Waals surface area contributed by atoms with E-state index in [1.165, 1.54) is 24.3 Å². The zero-order valence-corrected chi connectivity index (χ0v) is 15.2. The highest BCUT2D eigenvalue weighted by atomic mass is 35.5. The summed E-state index contributed by atoms with van der Waals surface area (Å²) >= 11 is 6.10. The molecular weight excluding hydrogens is 355 g/mol. The molecule has 2 aromatic carbocycles. The van der Waals surface area contributed by atoms with Crippen LogP contribution in [0.25, 0.3) is 0 Å². The van der Waals surface area contributed by atoms with Crippen LogP contribution in [0, 0.1) is 18.7 Å². The van der Waals surface area contributed by atoms with Crippen molar-refractivity contribution in [3.05, 3.63) is 64.4 Å². The second-order valence-electron chi connectivity index (χ2n) is 6.50. The number of hydrogen-bond acceptors (Lipinski definition) is 2. The third-order valence-electron chi connectivity index (χ3n) is 4.70. The Bertz CT molecular complexity index is 823. The first kappa shape index (κ1) is 18.4. The highest BCUT2D eigenvalue weighted by Gasteiger charge is 2.29. The van der Waals surface area contributed by atoms with Crippen molar-refractivity contribution in [3.63, 3.8) is 0 Å². The minimum Gasteiger partial charge on any atom is -0.338 e. The summed E-state index contributed by atoms with van der Waals surface area (Å²) in [6, 6.07) is 10.8. The molecule has 1 N–H and O–H groups in total. The van der Waals surface area contributed by atoms with E-state index in [1.807, 2.05) is 13.0 Å². The molecule has 1 heterocycles. The van der Waals surface area contributed by atoms with E-state index in [4.69, 9.17) is 11.6 Å². The summed E-state index contributed by atoms with van der Waals surface area (Å²) in [6.07, 6.45) is 1.47. The SMILES string of the molecule is Cc1c(Cl)cccc1NC(=O)[C@H]1CCCN(C(=O)c2ccc(F)cc2)C1. The molecule has 2 amide bonds. The van der Waals surface area contributed by atoms with Crippen molar-refractivity contribution in [2.75, 3.05) is 18.4 Å². The first-order valence-electron chi connectivity index (χ1n) is 8.56. The number of halogens is 2. The van der Waals surface area contributed by atoms with Crippen molar-refractivity contribution >= 4 is 29.1 Å². The van der Waals surface area contributed by atoms with Crippen molar-refractivity contribution in [1.29, 1.82) is 0 Å². The zero-order chi connectivity index (χ0) is 18.7. The quantitative estimate of drug-likeness (QED) is 0.871. The van der Waals surface area contributed by atoms with Gasteiger partial charge in [-0.25, -0.2) is 4.39 Å². The number of anilines is 1. The van der Waals surface area contributed by atoms with E-state index in [2.05, 4.69) is 5.32 Å². The van der Waals surface area contributed by atoms with Gasteiger partial charge in [0.25, 0.3) is 5.91 Å². The summed E-state index contributed by atoms with van der Waals surface area (Å²) in [5.74, 6) is -0.964. The van der Waals surface area contributed by atoms with Crippen LogP contribution in [0.4, 0.5) is 10.1 Å². The van der Waals surface area contributed by atoms with Crippen molar-refractivity contribution < 1.29 is 14.0 Å². The number of benzene rings is 2. The average molecular weight is 375 g/mol. The van der Waals surface area contributed by atoms with Crippen LogP contribution in [0.1, 0.15) is 28.8 Å². The van der Waals surface area contributed by atoms with Gasteiger partial charge in [-0.1, -0.05) is 17.7 Å². The smallest absolute Gasteiger partial charge is 0.253 e. The second-order valence-corrected chi connectivity index (χ2v) is 6.91. The van der Waals surface area contributed by atoms with Crippen LogP contribution in [0.15, 0.2) is 42.5 Å². The molecule has 1 saturated heterocycles. The molecule has 26 heavy (non-hydrogen) atoms. The molecule has 0 aliphatic carbocycles. The number of nitrogens with zero attached hydrogens (tertiary/aromatic N) is 1. The Morgan fingerprint density at radius 2 is 1.92 bits per heavy atom. The highest BCUT2D eigenvalue weighted by molar-refractivity contribution is 6.31. The first-order chi connectivity index (χ1) is 12.5. The number of likely N-dealkylation sites (tertiary alicyclic amines) is 1. The molecule has 1 atom stereocenters. The van der Waals surface area contributed by atoms with Crippen LogP contribution in [-0.2, 0) is 4.79 Å². The predicted octanol–water partition coefficient (Wildman–Crippen LogP) is 4.28. The number of piperidine rings is 1. The largest absolute Gasteiger partial charge is 0.338 e. The predicted molar refractivity (Wildman–Crippen MR) is 99.8 cm³/mol. The topological polar surface area (TPSA) is 49.4 Å². The van der Waals surface area contributed by atoms with Crippen LogP contribution in [0.3, 0.4) is 0 Å². The van der Waals surface area contributed by atoms with E-state index in [0.717, 1.165) is 18.4 Å². The van der Waals surface area contributed by atoms with Crippen LogP contribution >= 0.6 is 11.6 Å². The molecule has 1 fully saturated rings. The maximum atomic E-state index is 13.0. The Labute approximate surface area is 157 Å². The fourth-order valence-electron chi connectivity index (χ4n) is 3.13. The summed E-state index contributed by atoms with van der Waals surface area (Å²) < 4.78 is 13.0. The number of hydrogen-bond donors (Lipinski definition) is 1. The lowest BCUT2D eigenvalue weighted by Gasteiger charge is -2.32. The average Bonchev–Trinajstić information content (AvgIpc) is 2.65. The van der Waals surface area contributed by atoms with Crippen molar-refractivity contribution in [1.82, 2.24) is 4.90 Å². The molecule has 136 valence electrons. The van der Waals surface area contributed by atoms with Gasteiger partial charge in [0.2, 0.25) is 5.91 Å². The zero-order valence-electron chi connectivity index (χ0n) is 14.5. The maximum absolute atomic E-state index is 13.0. The van der Waals surface area contributed by atoms with Crippen LogP contribution in [0.2, 0.25) is 5.02 Å². The summed E-state index contributed by atoms with van der Waals surface area (Å²) in [7, 11) is 0. The normalized spacial score (nSPS) is 17.0. The molecule has 0 saturated carbocycles. The van der Waals surface area contributed by atoms with Gasteiger partial charge in [-0.2, -0.15) is 0 Å². The van der Waals surface area contributed by atoms with Gasteiger partial charge in [-0.15, -0.1) is 0 Å². The van der Waals surface area contributed by atoms with Gasteiger partial charge in [0.1, 0.15) is 5.82 Å². The minimum atomic E-state index is -0.380. The Balaban J connectivity index is 1.67. The molecule has 2 aromatic rings. The van der Waals surface area contributed by atoms with Gasteiger partial charge in [0.15, 0.2) is 0 Å². The number of carbonyl (C=O) groups is 2. The van der Waals surface area contributed by atoms with E-state index in [0.29, 0.717) is 29.4 Å². The molecule has 3 rings (SSSR count). The van der Waals surface area contributed by atoms with Gasteiger partial charge in [0.05, 0.1) is 5.92 Å². The summed E-state index contributed by atoms with van der Waals surface area (Å²) in [5.41, 5.74) is 1.93.